The molecule has 3 rings (SSSR count). The van der Waals surface area contributed by atoms with Gasteiger partial charge in [0.15, 0.2) is 5.76 Å². The number of carbonyl (C=O) groups is 1. The van der Waals surface area contributed by atoms with E-state index in [1.807, 2.05) is 4.90 Å². The van der Waals surface area contributed by atoms with Crippen molar-refractivity contribution in [3.63, 3.8) is 0 Å². The van der Waals surface area contributed by atoms with Crippen LogP contribution in [0.1, 0.15) is 36.2 Å². The topological polar surface area (TPSA) is 45.9 Å². The first kappa shape index (κ1) is 14.6. The van der Waals surface area contributed by atoms with Crippen molar-refractivity contribution in [2.75, 3.05) is 39.4 Å². The van der Waals surface area contributed by atoms with Crippen LogP contribution in [0.5, 0.6) is 0 Å². The zero-order chi connectivity index (χ0) is 14.5. The van der Waals surface area contributed by atoms with Crippen molar-refractivity contribution in [3.8, 4) is 0 Å². The van der Waals surface area contributed by atoms with E-state index in [9.17, 15) is 4.79 Å². The molecular formula is C16H24N2O3. The molecule has 21 heavy (non-hydrogen) atoms. The van der Waals surface area contributed by atoms with Crippen LogP contribution in [0.4, 0.5) is 0 Å². The monoisotopic (exact) mass is 292 g/mol. The van der Waals surface area contributed by atoms with Crippen LogP contribution in [0.25, 0.3) is 0 Å². The van der Waals surface area contributed by atoms with Gasteiger partial charge >= 0.3 is 0 Å². The van der Waals surface area contributed by atoms with Crippen molar-refractivity contribution in [2.45, 2.75) is 31.7 Å². The highest BCUT2D eigenvalue weighted by Gasteiger charge is 2.29. The normalized spacial score (nSPS) is 24.2. The molecule has 1 unspecified atom stereocenters. The Labute approximate surface area is 125 Å². The summed E-state index contributed by atoms with van der Waals surface area (Å²) >= 11 is 0. The van der Waals surface area contributed by atoms with Crippen LogP contribution in [-0.2, 0) is 4.74 Å². The Morgan fingerprint density at radius 1 is 1.24 bits per heavy atom. The maximum absolute atomic E-state index is 12.5. The number of amides is 1. The lowest BCUT2D eigenvalue weighted by atomic mass is 9.98. The molecule has 2 saturated heterocycles. The second-order valence-corrected chi connectivity index (χ2v) is 5.87. The van der Waals surface area contributed by atoms with E-state index in [0.29, 0.717) is 11.8 Å². The van der Waals surface area contributed by atoms with Gasteiger partial charge in [0.2, 0.25) is 0 Å². The van der Waals surface area contributed by atoms with E-state index in [2.05, 4.69) is 4.90 Å². The lowest BCUT2D eigenvalue weighted by Gasteiger charge is -2.37. The molecule has 0 saturated carbocycles. The van der Waals surface area contributed by atoms with Gasteiger partial charge in [0.05, 0.1) is 19.5 Å². The summed E-state index contributed by atoms with van der Waals surface area (Å²) in [5.74, 6) is 0.514. The second kappa shape index (κ2) is 7.09. The van der Waals surface area contributed by atoms with E-state index >= 15 is 0 Å². The molecule has 116 valence electrons. The van der Waals surface area contributed by atoms with Crippen molar-refractivity contribution in [2.24, 2.45) is 0 Å². The average molecular weight is 292 g/mol. The highest BCUT2D eigenvalue weighted by atomic mass is 16.5. The molecule has 2 aliphatic rings. The maximum atomic E-state index is 12.5. The predicted octanol–water partition coefficient (Wildman–Crippen LogP) is 2.00. The number of hydrogen-bond acceptors (Lipinski definition) is 4. The van der Waals surface area contributed by atoms with Crippen LogP contribution >= 0.6 is 0 Å². The zero-order valence-corrected chi connectivity index (χ0v) is 12.5. The van der Waals surface area contributed by atoms with Crippen molar-refractivity contribution < 1.29 is 13.9 Å². The predicted molar refractivity (Wildman–Crippen MR) is 79.3 cm³/mol. The first-order chi connectivity index (χ1) is 10.3. The molecule has 5 heteroatoms. The summed E-state index contributed by atoms with van der Waals surface area (Å²) in [5.41, 5.74) is 0. The highest BCUT2D eigenvalue weighted by Crippen LogP contribution is 2.22. The van der Waals surface area contributed by atoms with E-state index < -0.39 is 0 Å². The Morgan fingerprint density at radius 2 is 2.10 bits per heavy atom. The minimum atomic E-state index is 0.0478. The van der Waals surface area contributed by atoms with Gasteiger partial charge in [-0.3, -0.25) is 9.69 Å². The first-order valence-electron chi connectivity index (χ1n) is 7.99. The quantitative estimate of drug-likeness (QED) is 0.851. The van der Waals surface area contributed by atoms with Crippen molar-refractivity contribution in [1.29, 1.82) is 0 Å². The van der Waals surface area contributed by atoms with Gasteiger partial charge in [-0.1, -0.05) is 0 Å². The van der Waals surface area contributed by atoms with Gasteiger partial charge in [-0.05, 0) is 37.8 Å². The van der Waals surface area contributed by atoms with Gasteiger partial charge < -0.3 is 14.1 Å². The Kier molecular flexibility index (Phi) is 4.93. The molecule has 1 aromatic heterocycles. The minimum Gasteiger partial charge on any atom is -0.459 e. The molecule has 1 amide bonds. The van der Waals surface area contributed by atoms with Gasteiger partial charge in [-0.25, -0.2) is 0 Å². The third-order valence-corrected chi connectivity index (χ3v) is 4.50. The smallest absolute Gasteiger partial charge is 0.289 e. The lowest BCUT2D eigenvalue weighted by molar-refractivity contribution is 0.0290. The number of hydrogen-bond donors (Lipinski definition) is 0. The van der Waals surface area contributed by atoms with E-state index in [1.54, 1.807) is 18.4 Å². The molecule has 0 radical (unpaired) electrons. The van der Waals surface area contributed by atoms with Gasteiger partial charge in [-0.15, -0.1) is 0 Å². The molecular weight excluding hydrogens is 268 g/mol. The molecule has 1 atom stereocenters. The first-order valence-corrected chi connectivity index (χ1v) is 7.99. The summed E-state index contributed by atoms with van der Waals surface area (Å²) in [4.78, 5) is 17.0. The van der Waals surface area contributed by atoms with Gasteiger partial charge in [-0.2, -0.15) is 0 Å². The number of likely N-dealkylation sites (tertiary alicyclic amines) is 1. The number of piperidine rings is 1. The Bertz CT molecular complexity index is 440. The van der Waals surface area contributed by atoms with Crippen molar-refractivity contribution in [1.82, 2.24) is 9.80 Å². The molecule has 0 spiro atoms. The Morgan fingerprint density at radius 3 is 2.86 bits per heavy atom. The molecule has 1 aromatic rings. The molecule has 3 heterocycles. The summed E-state index contributed by atoms with van der Waals surface area (Å²) in [6, 6.07) is 3.88. The molecule has 2 aliphatic heterocycles. The molecule has 0 N–H and O–H groups in total. The number of ether oxygens (including phenoxy) is 1. The van der Waals surface area contributed by atoms with Crippen LogP contribution in [0.3, 0.4) is 0 Å². The molecule has 0 aliphatic carbocycles. The standard InChI is InChI=1S/C16H24N2O3/c19-16(15-5-3-11-21-15)18-7-2-1-4-14(18)6-8-17-9-12-20-13-10-17/h3,5,11,14H,1-2,4,6-10,12-13H2. The summed E-state index contributed by atoms with van der Waals surface area (Å²) in [5, 5.41) is 0. The van der Waals surface area contributed by atoms with E-state index in [1.165, 1.54) is 6.42 Å². The maximum Gasteiger partial charge on any atom is 0.289 e. The van der Waals surface area contributed by atoms with Crippen molar-refractivity contribution in [3.05, 3.63) is 24.2 Å². The fourth-order valence-corrected chi connectivity index (χ4v) is 3.27. The van der Waals surface area contributed by atoms with Gasteiger partial charge in [0.25, 0.3) is 5.91 Å². The third-order valence-electron chi connectivity index (χ3n) is 4.50. The number of morpholine rings is 1. The third kappa shape index (κ3) is 3.66. The van der Waals surface area contributed by atoms with Gasteiger partial charge in [0, 0.05) is 32.2 Å². The molecule has 0 bridgehead atoms. The van der Waals surface area contributed by atoms with Crippen LogP contribution in [0.15, 0.2) is 22.8 Å². The number of rotatable bonds is 4. The van der Waals surface area contributed by atoms with Crippen LogP contribution in [0, 0.1) is 0 Å². The highest BCUT2D eigenvalue weighted by molar-refractivity contribution is 5.91. The summed E-state index contributed by atoms with van der Waals surface area (Å²) in [7, 11) is 0. The molecule has 5 nitrogen and oxygen atoms in total. The number of carbonyl (C=O) groups excluding carboxylic acids is 1. The zero-order valence-electron chi connectivity index (χ0n) is 12.5. The fraction of sp³-hybridized carbons (Fsp3) is 0.688. The average Bonchev–Trinajstić information content (AvgIpc) is 3.08. The Balaban J connectivity index is 1.57. The van der Waals surface area contributed by atoms with E-state index in [-0.39, 0.29) is 5.91 Å². The number of furan rings is 1. The number of nitrogens with zero attached hydrogens (tertiary/aromatic N) is 2. The SMILES string of the molecule is O=C(c1ccco1)N1CCCCC1CCN1CCOCC1. The van der Waals surface area contributed by atoms with E-state index in [0.717, 1.165) is 58.7 Å². The summed E-state index contributed by atoms with van der Waals surface area (Å²) in [6.07, 6.45) is 6.04. The molecule has 0 aromatic carbocycles. The van der Waals surface area contributed by atoms with Crippen molar-refractivity contribution >= 4 is 5.91 Å². The lowest BCUT2D eigenvalue weighted by Crippen LogP contribution is -2.46. The Hall–Kier alpha value is -1.33. The van der Waals surface area contributed by atoms with Crippen LogP contribution in [0.2, 0.25) is 0 Å². The molecule has 2 fully saturated rings. The van der Waals surface area contributed by atoms with E-state index in [4.69, 9.17) is 9.15 Å². The minimum absolute atomic E-state index is 0.0478. The summed E-state index contributed by atoms with van der Waals surface area (Å²) in [6.45, 7) is 5.60. The van der Waals surface area contributed by atoms with Crippen LogP contribution in [-0.4, -0.2) is 61.1 Å². The fourth-order valence-electron chi connectivity index (χ4n) is 3.27. The largest absolute Gasteiger partial charge is 0.459 e. The van der Waals surface area contributed by atoms with Gasteiger partial charge in [0.1, 0.15) is 0 Å². The second-order valence-electron chi connectivity index (χ2n) is 5.87. The van der Waals surface area contributed by atoms with Crippen LogP contribution < -0.4 is 0 Å². The summed E-state index contributed by atoms with van der Waals surface area (Å²) < 4.78 is 10.7.